The molecule has 1 N–H and O–H groups in total. The fourth-order valence-electron chi connectivity index (χ4n) is 1.96. The highest BCUT2D eigenvalue weighted by Gasteiger charge is 2.32. The van der Waals surface area contributed by atoms with Crippen molar-refractivity contribution >= 4 is 15.7 Å². The van der Waals surface area contributed by atoms with Gasteiger partial charge in [-0.25, -0.2) is 12.7 Å². The smallest absolute Gasteiger partial charge is 0.244 e. The minimum absolute atomic E-state index is 0.350. The Bertz CT molecular complexity index is 526. The van der Waals surface area contributed by atoms with Crippen LogP contribution in [0.3, 0.4) is 0 Å². The molecule has 0 spiro atoms. The third-order valence-corrected chi connectivity index (χ3v) is 5.35. The molecule has 5 heteroatoms. The summed E-state index contributed by atoms with van der Waals surface area (Å²) in [7, 11) is -0.276. The first kappa shape index (κ1) is 13.4. The van der Waals surface area contributed by atoms with E-state index in [0.717, 1.165) is 12.5 Å². The third kappa shape index (κ3) is 2.67. The first-order chi connectivity index (χ1) is 8.43. The molecule has 1 aromatic rings. The summed E-state index contributed by atoms with van der Waals surface area (Å²) in [6.45, 7) is 3.07. The summed E-state index contributed by atoms with van der Waals surface area (Å²) in [6.07, 6.45) is 1.23. The monoisotopic (exact) mass is 268 g/mol. The number of nitrogens with one attached hydrogen (secondary N) is 1. The largest absolute Gasteiger partial charge is 0.384 e. The lowest BCUT2D eigenvalue weighted by Crippen LogP contribution is -2.23. The van der Waals surface area contributed by atoms with Crippen LogP contribution in [0, 0.1) is 11.8 Å². The van der Waals surface area contributed by atoms with Gasteiger partial charge in [-0.15, -0.1) is 0 Å². The van der Waals surface area contributed by atoms with Crippen molar-refractivity contribution in [2.45, 2.75) is 18.2 Å². The summed E-state index contributed by atoms with van der Waals surface area (Å²) >= 11 is 0. The second-order valence-electron chi connectivity index (χ2n) is 5.14. The van der Waals surface area contributed by atoms with E-state index in [1.807, 2.05) is 12.1 Å². The highest BCUT2D eigenvalue weighted by molar-refractivity contribution is 7.89. The molecule has 100 valence electrons. The standard InChI is InChI=1S/C13H20N2O2S/c1-10-8-11(10)9-14-12-6-4-5-7-13(12)18(16,17)15(2)3/h4-7,10-11,14H,8-9H2,1-3H3. The third-order valence-electron chi connectivity index (χ3n) is 3.48. The van der Waals surface area contributed by atoms with E-state index in [1.165, 1.54) is 10.7 Å². The van der Waals surface area contributed by atoms with Crippen molar-refractivity contribution in [1.82, 2.24) is 4.31 Å². The Kier molecular flexibility index (Phi) is 3.64. The van der Waals surface area contributed by atoms with Gasteiger partial charge in [-0.3, -0.25) is 0 Å². The van der Waals surface area contributed by atoms with E-state index in [2.05, 4.69) is 12.2 Å². The molecule has 0 radical (unpaired) electrons. The van der Waals surface area contributed by atoms with Gasteiger partial charge < -0.3 is 5.32 Å². The number of nitrogens with zero attached hydrogens (tertiary/aromatic N) is 1. The van der Waals surface area contributed by atoms with Crippen LogP contribution in [0.1, 0.15) is 13.3 Å². The van der Waals surface area contributed by atoms with Gasteiger partial charge in [0.2, 0.25) is 10.0 Å². The molecule has 1 saturated carbocycles. The molecule has 0 amide bonds. The van der Waals surface area contributed by atoms with E-state index < -0.39 is 10.0 Å². The van der Waals surface area contributed by atoms with Crippen LogP contribution < -0.4 is 5.32 Å². The molecule has 4 nitrogen and oxygen atoms in total. The molecule has 0 aromatic heterocycles. The van der Waals surface area contributed by atoms with Crippen molar-refractivity contribution in [1.29, 1.82) is 0 Å². The van der Waals surface area contributed by atoms with Gasteiger partial charge in [-0.05, 0) is 30.4 Å². The zero-order valence-corrected chi connectivity index (χ0v) is 11.9. The molecule has 1 aliphatic carbocycles. The molecule has 0 aliphatic heterocycles. The minimum Gasteiger partial charge on any atom is -0.384 e. The van der Waals surface area contributed by atoms with Crippen molar-refractivity contribution in [2.24, 2.45) is 11.8 Å². The van der Waals surface area contributed by atoms with E-state index in [1.54, 1.807) is 26.2 Å². The number of para-hydroxylation sites is 1. The lowest BCUT2D eigenvalue weighted by molar-refractivity contribution is 0.521. The molecular formula is C13H20N2O2S. The molecular weight excluding hydrogens is 248 g/mol. The SMILES string of the molecule is CC1CC1CNc1ccccc1S(=O)(=O)N(C)C. The minimum atomic E-state index is -3.38. The summed E-state index contributed by atoms with van der Waals surface area (Å²) in [5.74, 6) is 1.44. The van der Waals surface area contributed by atoms with Crippen LogP contribution >= 0.6 is 0 Å². The van der Waals surface area contributed by atoms with Crippen molar-refractivity contribution in [3.8, 4) is 0 Å². The summed E-state index contributed by atoms with van der Waals surface area (Å²) < 4.78 is 25.6. The Morgan fingerprint density at radius 1 is 1.33 bits per heavy atom. The predicted octanol–water partition coefficient (Wildman–Crippen LogP) is 2.00. The maximum atomic E-state index is 12.2. The average molecular weight is 268 g/mol. The van der Waals surface area contributed by atoms with Gasteiger partial charge in [0.15, 0.2) is 0 Å². The van der Waals surface area contributed by atoms with Gasteiger partial charge in [0.1, 0.15) is 4.90 Å². The van der Waals surface area contributed by atoms with Gasteiger partial charge in [0.05, 0.1) is 5.69 Å². The van der Waals surface area contributed by atoms with Crippen LogP contribution in [-0.4, -0.2) is 33.4 Å². The second kappa shape index (κ2) is 4.90. The number of benzene rings is 1. The molecule has 0 saturated heterocycles. The number of hydrogen-bond acceptors (Lipinski definition) is 3. The quantitative estimate of drug-likeness (QED) is 0.888. The predicted molar refractivity (Wildman–Crippen MR) is 73.1 cm³/mol. The summed E-state index contributed by atoms with van der Waals surface area (Å²) in [5.41, 5.74) is 0.699. The fraction of sp³-hybridized carbons (Fsp3) is 0.538. The van der Waals surface area contributed by atoms with E-state index >= 15 is 0 Å². The fourth-order valence-corrected chi connectivity index (χ4v) is 3.02. The topological polar surface area (TPSA) is 49.4 Å². The molecule has 2 unspecified atom stereocenters. The highest BCUT2D eigenvalue weighted by atomic mass is 32.2. The van der Waals surface area contributed by atoms with Crippen LogP contribution in [0.4, 0.5) is 5.69 Å². The molecule has 2 rings (SSSR count). The lowest BCUT2D eigenvalue weighted by Gasteiger charge is -2.16. The van der Waals surface area contributed by atoms with Gasteiger partial charge in [0.25, 0.3) is 0 Å². The van der Waals surface area contributed by atoms with Crippen LogP contribution in [0.2, 0.25) is 0 Å². The molecule has 1 fully saturated rings. The normalized spacial score (nSPS) is 23.1. The Hall–Kier alpha value is -1.07. The summed E-state index contributed by atoms with van der Waals surface area (Å²) in [6, 6.07) is 7.08. The van der Waals surface area contributed by atoms with Crippen molar-refractivity contribution < 1.29 is 8.42 Å². The number of rotatable bonds is 5. The zero-order valence-electron chi connectivity index (χ0n) is 11.1. The Morgan fingerprint density at radius 3 is 2.50 bits per heavy atom. The summed E-state index contributed by atoms with van der Waals surface area (Å²) in [4.78, 5) is 0.350. The summed E-state index contributed by atoms with van der Waals surface area (Å²) in [5, 5.41) is 3.26. The number of sulfonamides is 1. The first-order valence-electron chi connectivity index (χ1n) is 6.18. The van der Waals surface area contributed by atoms with E-state index in [-0.39, 0.29) is 0 Å². The van der Waals surface area contributed by atoms with Crippen molar-refractivity contribution in [3.05, 3.63) is 24.3 Å². The van der Waals surface area contributed by atoms with Crippen molar-refractivity contribution in [3.63, 3.8) is 0 Å². The Labute approximate surface area is 109 Å². The van der Waals surface area contributed by atoms with E-state index in [0.29, 0.717) is 16.5 Å². The second-order valence-corrected chi connectivity index (χ2v) is 7.26. The lowest BCUT2D eigenvalue weighted by atomic mass is 10.3. The molecule has 1 aliphatic rings. The van der Waals surface area contributed by atoms with Crippen molar-refractivity contribution in [2.75, 3.05) is 26.0 Å². The van der Waals surface area contributed by atoms with E-state index in [9.17, 15) is 8.42 Å². The Balaban J connectivity index is 2.20. The van der Waals surface area contributed by atoms with Gasteiger partial charge in [0, 0.05) is 20.6 Å². The first-order valence-corrected chi connectivity index (χ1v) is 7.62. The molecule has 0 bridgehead atoms. The maximum Gasteiger partial charge on any atom is 0.244 e. The average Bonchev–Trinajstić information content (AvgIpc) is 3.03. The molecule has 1 aromatic carbocycles. The Morgan fingerprint density at radius 2 is 1.94 bits per heavy atom. The van der Waals surface area contributed by atoms with Gasteiger partial charge >= 0.3 is 0 Å². The van der Waals surface area contributed by atoms with Gasteiger partial charge in [-0.2, -0.15) is 0 Å². The molecule has 18 heavy (non-hydrogen) atoms. The number of anilines is 1. The van der Waals surface area contributed by atoms with Crippen LogP contribution in [0.15, 0.2) is 29.2 Å². The molecule has 2 atom stereocenters. The van der Waals surface area contributed by atoms with Crippen LogP contribution in [-0.2, 0) is 10.0 Å². The maximum absolute atomic E-state index is 12.2. The van der Waals surface area contributed by atoms with Crippen LogP contribution in [0.25, 0.3) is 0 Å². The highest BCUT2D eigenvalue weighted by Crippen LogP contribution is 2.38. The number of hydrogen-bond donors (Lipinski definition) is 1. The molecule has 0 heterocycles. The van der Waals surface area contributed by atoms with E-state index in [4.69, 9.17) is 0 Å². The van der Waals surface area contributed by atoms with Crippen LogP contribution in [0.5, 0.6) is 0 Å². The van der Waals surface area contributed by atoms with Gasteiger partial charge in [-0.1, -0.05) is 19.1 Å². The zero-order chi connectivity index (χ0) is 13.3.